The highest BCUT2D eigenvalue weighted by atomic mass is 16.5. The molecular formula is C21H24N4O6. The topological polar surface area (TPSA) is 111 Å². The molecule has 1 aromatic rings. The highest BCUT2D eigenvalue weighted by Crippen LogP contribution is 2.28. The summed E-state index contributed by atoms with van der Waals surface area (Å²) in [5.41, 5.74) is 0.833. The SMILES string of the molecule is C#CCN1CC(=O)N2C(CCC(=O)O)C(=O)N(Cc3ccc(OC)cc3)C[C@@H]2N1C=O. The Morgan fingerprint density at radius 2 is 2.03 bits per heavy atom. The molecule has 10 heteroatoms. The molecule has 0 bridgehead atoms. The molecular weight excluding hydrogens is 404 g/mol. The van der Waals surface area contributed by atoms with E-state index in [2.05, 4.69) is 5.92 Å². The first-order chi connectivity index (χ1) is 14.9. The maximum absolute atomic E-state index is 13.2. The van der Waals surface area contributed by atoms with Gasteiger partial charge in [0.2, 0.25) is 18.2 Å². The number of rotatable bonds is 8. The molecule has 2 aliphatic heterocycles. The molecule has 0 radical (unpaired) electrons. The smallest absolute Gasteiger partial charge is 0.303 e. The van der Waals surface area contributed by atoms with Gasteiger partial charge in [0.15, 0.2) is 0 Å². The van der Waals surface area contributed by atoms with E-state index in [1.54, 1.807) is 24.1 Å². The van der Waals surface area contributed by atoms with Crippen molar-refractivity contribution in [1.29, 1.82) is 0 Å². The minimum absolute atomic E-state index is 0.0443. The molecule has 2 fully saturated rings. The van der Waals surface area contributed by atoms with Crippen molar-refractivity contribution >= 4 is 24.2 Å². The number of carboxylic acids is 1. The molecule has 10 nitrogen and oxygen atoms in total. The Morgan fingerprint density at radius 1 is 1.32 bits per heavy atom. The van der Waals surface area contributed by atoms with Gasteiger partial charge in [-0.05, 0) is 24.1 Å². The van der Waals surface area contributed by atoms with Crippen LogP contribution in [0.4, 0.5) is 0 Å². The quantitative estimate of drug-likeness (QED) is 0.449. The van der Waals surface area contributed by atoms with Gasteiger partial charge < -0.3 is 19.6 Å². The van der Waals surface area contributed by atoms with E-state index in [0.29, 0.717) is 12.2 Å². The second-order valence-electron chi connectivity index (χ2n) is 7.31. The number of carboxylic acid groups (broad SMARTS) is 1. The van der Waals surface area contributed by atoms with Crippen molar-refractivity contribution in [3.05, 3.63) is 29.8 Å². The van der Waals surface area contributed by atoms with Gasteiger partial charge in [-0.3, -0.25) is 24.2 Å². The summed E-state index contributed by atoms with van der Waals surface area (Å²) in [4.78, 5) is 52.0. The second-order valence-corrected chi connectivity index (χ2v) is 7.31. The monoisotopic (exact) mass is 428 g/mol. The summed E-state index contributed by atoms with van der Waals surface area (Å²) in [5, 5.41) is 11.9. The van der Waals surface area contributed by atoms with Crippen LogP contribution in [0.15, 0.2) is 24.3 Å². The van der Waals surface area contributed by atoms with Gasteiger partial charge in [0, 0.05) is 13.0 Å². The van der Waals surface area contributed by atoms with Crippen LogP contribution < -0.4 is 4.74 Å². The number of methoxy groups -OCH3 is 1. The summed E-state index contributed by atoms with van der Waals surface area (Å²) in [6, 6.07) is 6.21. The molecule has 164 valence electrons. The number of terminal acetylenes is 1. The number of piperazine rings is 1. The average Bonchev–Trinajstić information content (AvgIpc) is 2.75. The predicted octanol–water partition coefficient (Wildman–Crippen LogP) is -0.252. The summed E-state index contributed by atoms with van der Waals surface area (Å²) in [5.74, 6) is 1.31. The lowest BCUT2D eigenvalue weighted by atomic mass is 10.0. The summed E-state index contributed by atoms with van der Waals surface area (Å²) >= 11 is 0. The van der Waals surface area contributed by atoms with E-state index >= 15 is 0 Å². The van der Waals surface area contributed by atoms with E-state index in [1.165, 1.54) is 14.9 Å². The second kappa shape index (κ2) is 9.49. The maximum Gasteiger partial charge on any atom is 0.303 e. The molecule has 1 unspecified atom stereocenters. The Hall–Kier alpha value is -3.58. The number of carbonyl (C=O) groups is 4. The first-order valence-electron chi connectivity index (χ1n) is 9.76. The molecule has 1 aromatic carbocycles. The Morgan fingerprint density at radius 3 is 2.61 bits per heavy atom. The van der Waals surface area contributed by atoms with Crippen LogP contribution in [0.1, 0.15) is 18.4 Å². The molecule has 0 saturated carbocycles. The molecule has 0 spiro atoms. The fourth-order valence-electron chi connectivity index (χ4n) is 3.97. The van der Waals surface area contributed by atoms with E-state index in [9.17, 15) is 19.2 Å². The minimum Gasteiger partial charge on any atom is -0.497 e. The van der Waals surface area contributed by atoms with Crippen molar-refractivity contribution in [2.24, 2.45) is 0 Å². The number of carbonyl (C=O) groups excluding carboxylic acids is 3. The van der Waals surface area contributed by atoms with Crippen LogP contribution in [-0.2, 0) is 25.7 Å². The molecule has 31 heavy (non-hydrogen) atoms. The maximum atomic E-state index is 13.2. The van der Waals surface area contributed by atoms with Gasteiger partial charge in [-0.15, -0.1) is 6.42 Å². The van der Waals surface area contributed by atoms with Crippen molar-refractivity contribution in [3.8, 4) is 18.1 Å². The lowest BCUT2D eigenvalue weighted by molar-refractivity contribution is -0.199. The predicted molar refractivity (Wildman–Crippen MR) is 108 cm³/mol. The molecule has 2 saturated heterocycles. The number of nitrogens with zero attached hydrogens (tertiary/aromatic N) is 4. The molecule has 1 N–H and O–H groups in total. The van der Waals surface area contributed by atoms with Crippen molar-refractivity contribution in [1.82, 2.24) is 19.8 Å². The van der Waals surface area contributed by atoms with Gasteiger partial charge in [0.1, 0.15) is 18.0 Å². The molecule has 0 aliphatic carbocycles. The third kappa shape index (κ3) is 4.62. The molecule has 2 heterocycles. The fourth-order valence-corrected chi connectivity index (χ4v) is 3.97. The molecule has 3 amide bonds. The van der Waals surface area contributed by atoms with E-state index in [0.717, 1.165) is 5.56 Å². The lowest BCUT2D eigenvalue weighted by Crippen LogP contribution is -2.74. The Kier molecular flexibility index (Phi) is 6.77. The van der Waals surface area contributed by atoms with E-state index < -0.39 is 18.2 Å². The molecule has 0 aromatic heterocycles. The van der Waals surface area contributed by atoms with Crippen LogP contribution in [0.5, 0.6) is 5.75 Å². The van der Waals surface area contributed by atoms with Crippen molar-refractivity contribution in [2.75, 3.05) is 26.7 Å². The van der Waals surface area contributed by atoms with E-state index in [1.807, 2.05) is 12.1 Å². The normalized spacial score (nSPS) is 21.5. The number of aliphatic carboxylic acids is 1. The average molecular weight is 428 g/mol. The van der Waals surface area contributed by atoms with Gasteiger partial charge in [-0.1, -0.05) is 18.1 Å². The first kappa shape index (κ1) is 22.1. The van der Waals surface area contributed by atoms with Crippen molar-refractivity contribution in [2.45, 2.75) is 31.6 Å². The van der Waals surface area contributed by atoms with Crippen LogP contribution in [0, 0.1) is 12.3 Å². The van der Waals surface area contributed by atoms with Gasteiger partial charge in [-0.25, -0.2) is 0 Å². The number of ether oxygens (including phenoxy) is 1. The number of fused-ring (bicyclic) bond motifs is 1. The number of hydrogen-bond donors (Lipinski definition) is 1. The zero-order valence-corrected chi connectivity index (χ0v) is 17.1. The fraction of sp³-hybridized carbons (Fsp3) is 0.429. The zero-order chi connectivity index (χ0) is 22.5. The first-order valence-corrected chi connectivity index (χ1v) is 9.76. The lowest BCUT2D eigenvalue weighted by Gasteiger charge is -2.54. The Balaban J connectivity index is 1.91. The summed E-state index contributed by atoms with van der Waals surface area (Å²) in [6.07, 6.45) is 4.87. The molecule has 3 rings (SSSR count). The van der Waals surface area contributed by atoms with Crippen molar-refractivity contribution in [3.63, 3.8) is 0 Å². The van der Waals surface area contributed by atoms with Crippen LogP contribution in [-0.4, -0.2) is 88.1 Å². The van der Waals surface area contributed by atoms with Gasteiger partial charge in [-0.2, -0.15) is 5.01 Å². The third-order valence-electron chi connectivity index (χ3n) is 5.42. The molecule has 2 atom stereocenters. The third-order valence-corrected chi connectivity index (χ3v) is 5.42. The van der Waals surface area contributed by atoms with Crippen LogP contribution in [0.2, 0.25) is 0 Å². The highest BCUT2D eigenvalue weighted by Gasteiger charge is 2.49. The highest BCUT2D eigenvalue weighted by molar-refractivity contribution is 5.91. The minimum atomic E-state index is -1.07. The van der Waals surface area contributed by atoms with Gasteiger partial charge >= 0.3 is 5.97 Å². The summed E-state index contributed by atoms with van der Waals surface area (Å²) < 4.78 is 5.15. The van der Waals surface area contributed by atoms with Crippen LogP contribution in [0.25, 0.3) is 0 Å². The van der Waals surface area contributed by atoms with Crippen molar-refractivity contribution < 1.29 is 29.0 Å². The molecule has 2 aliphatic rings. The Labute approximate surface area is 179 Å². The van der Waals surface area contributed by atoms with Crippen LogP contribution >= 0.6 is 0 Å². The summed E-state index contributed by atoms with van der Waals surface area (Å²) in [6.45, 7) is 0.225. The number of benzene rings is 1. The largest absolute Gasteiger partial charge is 0.497 e. The van der Waals surface area contributed by atoms with Crippen LogP contribution in [0.3, 0.4) is 0 Å². The van der Waals surface area contributed by atoms with E-state index in [4.69, 9.17) is 16.3 Å². The number of hydrogen-bond acceptors (Lipinski definition) is 6. The number of hydrazine groups is 1. The number of amides is 3. The van der Waals surface area contributed by atoms with Gasteiger partial charge in [0.05, 0.1) is 26.7 Å². The zero-order valence-electron chi connectivity index (χ0n) is 17.1. The summed E-state index contributed by atoms with van der Waals surface area (Å²) in [7, 11) is 1.56. The Bertz CT molecular complexity index is 896. The van der Waals surface area contributed by atoms with E-state index in [-0.39, 0.29) is 50.8 Å². The van der Waals surface area contributed by atoms with Gasteiger partial charge in [0.25, 0.3) is 0 Å². The standard InChI is InChI=1S/C21H24N4O6/c1-3-10-23-13-19(27)25-17(8-9-20(28)29)21(30)22(12-18(25)24(23)14-26)11-15-4-6-16(31-2)7-5-15/h1,4-7,14,17-18H,8-13H2,2H3,(H,28,29)/t17?,18-/m1/s1.